The molecule has 29 heavy (non-hydrogen) atoms. The van der Waals surface area contributed by atoms with E-state index < -0.39 is 66.8 Å². The van der Waals surface area contributed by atoms with Gasteiger partial charge in [0.05, 0.1) is 0 Å². The van der Waals surface area contributed by atoms with Gasteiger partial charge in [-0.05, 0) is 0 Å². The quantitative estimate of drug-likeness (QED) is 0.203. The molecule has 0 aliphatic rings. The van der Waals surface area contributed by atoms with Crippen LogP contribution in [0.15, 0.2) is 0 Å². The molecule has 0 aromatic heterocycles. The molecule has 0 atom stereocenters. The van der Waals surface area contributed by atoms with E-state index in [0.29, 0.717) is 0 Å². The molecule has 0 saturated heterocycles. The SMILES string of the molecule is [Ba+2].[Ba+2].[La+3].[La+3].[O]=[Mn](=[O])([O-])[O-].[O]=[Mn](=[O])([O-])[O-].[O]=[Mn](=[O])([O-])[O-].[O]=[Mn](=[O])([O-])[O-].[O]=[Mn](=[O])([O-])[O-]. The third-order valence-electron chi connectivity index (χ3n) is 0. The second-order valence-electron chi connectivity index (χ2n) is 1.89. The molecule has 0 bridgehead atoms. The molecule has 20 nitrogen and oxygen atoms in total. The number of rotatable bonds is 0. The molecule has 0 radical (unpaired) electrons. The predicted molar refractivity (Wildman–Crippen MR) is 18.4 cm³/mol. The van der Waals surface area contributed by atoms with Crippen molar-refractivity contribution in [3.8, 4) is 0 Å². The van der Waals surface area contributed by atoms with Crippen LogP contribution in [0.5, 0.6) is 0 Å². The van der Waals surface area contributed by atoms with Gasteiger partial charge in [0, 0.05) is 0 Å². The number of hydrogen-bond donors (Lipinski definition) is 0. The molecule has 0 fully saturated rings. The molecule has 0 aromatic carbocycles. The van der Waals surface area contributed by atoms with Gasteiger partial charge < -0.3 is 0 Å². The maximum absolute atomic E-state index is 8.58. The summed E-state index contributed by atoms with van der Waals surface area (Å²) in [5.41, 5.74) is 0. The van der Waals surface area contributed by atoms with Gasteiger partial charge in [0.2, 0.25) is 0 Å². The maximum atomic E-state index is 8.58. The van der Waals surface area contributed by atoms with Gasteiger partial charge in [0.1, 0.15) is 0 Å². The van der Waals surface area contributed by atoms with E-state index >= 15 is 0 Å². The molecule has 0 saturated carbocycles. The van der Waals surface area contributed by atoms with Gasteiger partial charge in [-0.2, -0.15) is 0 Å². The van der Waals surface area contributed by atoms with E-state index in [9.17, 15) is 0 Å². The Morgan fingerprint density at radius 2 is 0.276 bits per heavy atom. The first kappa shape index (κ1) is 59.7. The Labute approximate surface area is 308 Å². The van der Waals surface area contributed by atoms with E-state index in [2.05, 4.69) is 0 Å². The summed E-state index contributed by atoms with van der Waals surface area (Å²) >= 11 is -28.1. The first-order valence-corrected chi connectivity index (χ1v) is 12.7. The monoisotopic (exact) mass is 1150 g/mol. The van der Waals surface area contributed by atoms with E-state index in [0.717, 1.165) is 0 Å². The molecule has 0 rings (SSSR count). The topological polar surface area (TPSA) is 401 Å². The second kappa shape index (κ2) is 28.3. The van der Waals surface area contributed by atoms with Gasteiger partial charge in [0.15, 0.2) is 0 Å². The summed E-state index contributed by atoms with van der Waals surface area (Å²) in [6.07, 6.45) is 0. The Kier molecular flexibility index (Phi) is 58.3. The Morgan fingerprint density at radius 3 is 0.276 bits per heavy atom. The summed E-state index contributed by atoms with van der Waals surface area (Å²) < 4.78 is 172. The summed E-state index contributed by atoms with van der Waals surface area (Å²) in [7, 11) is 0. The summed E-state index contributed by atoms with van der Waals surface area (Å²) in [6, 6.07) is 0. The van der Waals surface area contributed by atoms with Crippen LogP contribution in [0.4, 0.5) is 0 Å². The number of hydrogen-bond acceptors (Lipinski definition) is 20. The summed E-state index contributed by atoms with van der Waals surface area (Å²) in [5, 5.41) is 0. The van der Waals surface area contributed by atoms with E-state index in [1.54, 1.807) is 0 Å². The van der Waals surface area contributed by atoms with Crippen LogP contribution in [0.2, 0.25) is 0 Å². The Morgan fingerprint density at radius 1 is 0.276 bits per heavy atom. The fraction of sp³-hybridized carbons (Fsp3) is 0. The third kappa shape index (κ3) is 1030. The first-order valence-electron chi connectivity index (χ1n) is 3.09. The zero-order valence-electron chi connectivity index (χ0n) is 12.6. The van der Waals surface area contributed by atoms with Crippen molar-refractivity contribution in [3.05, 3.63) is 0 Å². The zero-order chi connectivity index (χ0) is 22.5. The van der Waals surface area contributed by atoms with Gasteiger partial charge >= 0.3 is 316 Å². The Balaban J connectivity index is -0.0000000238. The Hall–Kier alpha value is 5.73. The van der Waals surface area contributed by atoms with E-state index in [1.165, 1.54) is 0 Å². The van der Waals surface area contributed by atoms with Gasteiger partial charge in [-0.15, -0.1) is 0 Å². The second-order valence-corrected chi connectivity index (χ2v) is 7.79. The zero-order valence-corrected chi connectivity index (χ0v) is 34.7. The molecular formula is Ba2La2Mn5O20. The van der Waals surface area contributed by atoms with Gasteiger partial charge in [-0.3, -0.25) is 0 Å². The molecule has 0 unspecified atom stereocenters. The fourth-order valence-electron chi connectivity index (χ4n) is 0. The van der Waals surface area contributed by atoms with Crippen LogP contribution in [0.3, 0.4) is 0 Å². The predicted octanol–water partition coefficient (Wildman–Crippen LogP) is -13.9. The van der Waals surface area contributed by atoms with Crippen LogP contribution in [0, 0.1) is 71.2 Å². The Bertz CT molecular complexity index is 629. The average molecular weight is 1150 g/mol. The van der Waals surface area contributed by atoms with Crippen molar-refractivity contribution in [1.82, 2.24) is 0 Å². The van der Waals surface area contributed by atoms with Crippen molar-refractivity contribution in [2.75, 3.05) is 0 Å². The van der Waals surface area contributed by atoms with Crippen LogP contribution >= 0.6 is 0 Å². The third-order valence-corrected chi connectivity index (χ3v) is 0. The molecule has 0 amide bonds. The normalized spacial score (nSPS) is 10.0. The average Bonchev–Trinajstić information content (AvgIpc) is 1.79. The van der Waals surface area contributed by atoms with Crippen molar-refractivity contribution in [2.24, 2.45) is 0 Å². The molecule has 0 aliphatic heterocycles. The van der Waals surface area contributed by atoms with Crippen molar-refractivity contribution >= 4 is 97.8 Å². The van der Waals surface area contributed by atoms with E-state index in [1.807, 2.05) is 0 Å². The van der Waals surface area contributed by atoms with Crippen LogP contribution in [-0.4, -0.2) is 97.8 Å². The van der Waals surface area contributed by atoms with Crippen LogP contribution in [0.25, 0.3) is 0 Å². The molecule has 0 spiro atoms. The molecular weight excluding hydrogens is 1150 g/mol. The van der Waals surface area contributed by atoms with Gasteiger partial charge in [-0.1, -0.05) is 0 Å². The minimum absolute atomic E-state index is 0. The van der Waals surface area contributed by atoms with Crippen molar-refractivity contribution in [1.29, 1.82) is 0 Å². The fourth-order valence-corrected chi connectivity index (χ4v) is 0. The molecule has 0 heterocycles. The molecule has 0 N–H and O–H groups in total. The van der Waals surface area contributed by atoms with Gasteiger partial charge in [0.25, 0.3) is 0 Å². The van der Waals surface area contributed by atoms with Crippen molar-refractivity contribution < 1.29 is 218 Å². The van der Waals surface area contributed by atoms with E-state index in [4.69, 9.17) is 80.2 Å². The van der Waals surface area contributed by atoms with Crippen LogP contribution < -0.4 is 41.9 Å². The summed E-state index contributed by atoms with van der Waals surface area (Å²) in [6.45, 7) is 0. The van der Waals surface area contributed by atoms with Crippen LogP contribution in [0.1, 0.15) is 0 Å². The molecule has 165 valence electrons. The van der Waals surface area contributed by atoms with E-state index in [-0.39, 0.29) is 169 Å². The van der Waals surface area contributed by atoms with Crippen molar-refractivity contribution in [3.63, 3.8) is 0 Å². The van der Waals surface area contributed by atoms with Gasteiger partial charge in [-0.25, -0.2) is 0 Å². The molecule has 0 aliphatic carbocycles. The minimum atomic E-state index is -5.62. The standard InChI is InChI=1S/2Ba.2La.5Mn.20O/q2*+2;2*+3;;;;;;;;;;;;;;;;10*-1. The summed E-state index contributed by atoms with van der Waals surface area (Å²) in [5.74, 6) is 0. The molecule has 29 heteroatoms. The first-order chi connectivity index (χ1) is 10.0. The van der Waals surface area contributed by atoms with Crippen molar-refractivity contribution in [2.45, 2.75) is 0 Å². The van der Waals surface area contributed by atoms with Crippen LogP contribution in [-0.2, 0) is 105 Å². The molecule has 0 aromatic rings. The summed E-state index contributed by atoms with van der Waals surface area (Å²) in [4.78, 5) is 0.